The fraction of sp³-hybridized carbons (Fsp3) is 0.200. The Hall–Kier alpha value is -1.74. The second-order valence-corrected chi connectivity index (χ2v) is 4.21. The number of alkyl halides is 1. The minimum atomic E-state index is -0.367. The van der Waals surface area contributed by atoms with Gasteiger partial charge in [-0.15, -0.1) is 11.6 Å². The van der Waals surface area contributed by atoms with Gasteiger partial charge in [0, 0.05) is 18.0 Å². The van der Waals surface area contributed by atoms with E-state index in [2.05, 4.69) is 0 Å². The zero-order valence-corrected chi connectivity index (χ0v) is 11.3. The number of rotatable bonds is 5. The predicted molar refractivity (Wildman–Crippen MR) is 73.6 cm³/mol. The van der Waals surface area contributed by atoms with Gasteiger partial charge < -0.3 is 9.47 Å². The highest BCUT2D eigenvalue weighted by molar-refractivity contribution is 6.17. The van der Waals surface area contributed by atoms with Crippen LogP contribution in [0.5, 0.6) is 17.2 Å². The molecule has 19 heavy (non-hydrogen) atoms. The van der Waals surface area contributed by atoms with Crippen molar-refractivity contribution in [2.24, 2.45) is 0 Å². The molecule has 0 atom stereocenters. The molecule has 2 aromatic carbocycles. The second-order valence-electron chi connectivity index (χ2n) is 3.94. The molecule has 0 N–H and O–H groups in total. The van der Waals surface area contributed by atoms with E-state index in [4.69, 9.17) is 21.1 Å². The normalized spacial score (nSPS) is 10.3. The molecule has 0 radical (unpaired) electrons. The highest BCUT2D eigenvalue weighted by Gasteiger charge is 2.04. The van der Waals surface area contributed by atoms with Crippen LogP contribution in [0.2, 0.25) is 0 Å². The van der Waals surface area contributed by atoms with E-state index < -0.39 is 0 Å². The summed E-state index contributed by atoms with van der Waals surface area (Å²) in [6, 6.07) is 11.6. The van der Waals surface area contributed by atoms with Crippen LogP contribution in [0.3, 0.4) is 0 Å². The van der Waals surface area contributed by atoms with Crippen LogP contribution in [0.4, 0.5) is 4.39 Å². The Bertz CT molecular complexity index is 558. The number of halogens is 2. The average molecular weight is 281 g/mol. The van der Waals surface area contributed by atoms with E-state index in [0.717, 1.165) is 0 Å². The first kappa shape index (κ1) is 13.7. The fourth-order valence-electron chi connectivity index (χ4n) is 1.69. The van der Waals surface area contributed by atoms with Crippen molar-refractivity contribution in [1.82, 2.24) is 0 Å². The van der Waals surface area contributed by atoms with Crippen LogP contribution in [0.15, 0.2) is 42.5 Å². The molecule has 0 bridgehead atoms. The third kappa shape index (κ3) is 3.86. The van der Waals surface area contributed by atoms with Crippen LogP contribution in [0.1, 0.15) is 12.5 Å². The molecule has 0 amide bonds. The minimum absolute atomic E-state index is 0.243. The quantitative estimate of drug-likeness (QED) is 0.736. The van der Waals surface area contributed by atoms with Gasteiger partial charge in [-0.1, -0.05) is 6.07 Å². The van der Waals surface area contributed by atoms with E-state index in [9.17, 15) is 4.39 Å². The Morgan fingerprint density at radius 2 is 1.84 bits per heavy atom. The molecule has 2 nitrogen and oxygen atoms in total. The van der Waals surface area contributed by atoms with Gasteiger partial charge in [0.15, 0.2) is 0 Å². The summed E-state index contributed by atoms with van der Waals surface area (Å²) in [5.74, 6) is 1.61. The number of benzene rings is 2. The molecule has 4 heteroatoms. The summed E-state index contributed by atoms with van der Waals surface area (Å²) in [4.78, 5) is 0. The maximum atomic E-state index is 13.4. The highest BCUT2D eigenvalue weighted by atomic mass is 35.5. The monoisotopic (exact) mass is 280 g/mol. The first-order valence-electron chi connectivity index (χ1n) is 5.97. The van der Waals surface area contributed by atoms with Crippen molar-refractivity contribution in [2.45, 2.75) is 12.8 Å². The molecule has 100 valence electrons. The van der Waals surface area contributed by atoms with E-state index in [1.807, 2.05) is 19.1 Å². The Labute approximate surface area is 116 Å². The standard InChI is InChI=1S/C15H14ClFO2/c1-2-18-13-4-3-5-14(9-13)19-15-7-11(10-16)6-12(17)8-15/h3-9H,2,10H2,1H3. The summed E-state index contributed by atoms with van der Waals surface area (Å²) in [5, 5.41) is 0. The summed E-state index contributed by atoms with van der Waals surface area (Å²) in [7, 11) is 0. The zero-order valence-electron chi connectivity index (χ0n) is 10.5. The molecule has 0 spiro atoms. The zero-order chi connectivity index (χ0) is 13.7. The Morgan fingerprint density at radius 1 is 1.05 bits per heavy atom. The number of hydrogen-bond donors (Lipinski definition) is 0. The lowest BCUT2D eigenvalue weighted by Gasteiger charge is -2.09. The molecule has 0 aliphatic heterocycles. The average Bonchev–Trinajstić information content (AvgIpc) is 2.39. The fourth-order valence-corrected chi connectivity index (χ4v) is 1.84. The van der Waals surface area contributed by atoms with Gasteiger partial charge in [0.1, 0.15) is 23.1 Å². The van der Waals surface area contributed by atoms with Crippen LogP contribution in [0, 0.1) is 5.82 Å². The molecule has 0 fully saturated rings. The van der Waals surface area contributed by atoms with Crippen LogP contribution in [-0.2, 0) is 5.88 Å². The third-order valence-corrected chi connectivity index (χ3v) is 2.75. The van der Waals surface area contributed by atoms with Gasteiger partial charge in [0.25, 0.3) is 0 Å². The number of ether oxygens (including phenoxy) is 2. The lowest BCUT2D eigenvalue weighted by molar-refractivity contribution is 0.338. The van der Waals surface area contributed by atoms with Crippen LogP contribution in [-0.4, -0.2) is 6.61 Å². The van der Waals surface area contributed by atoms with Crippen molar-refractivity contribution < 1.29 is 13.9 Å². The van der Waals surface area contributed by atoms with Gasteiger partial charge in [-0.3, -0.25) is 0 Å². The van der Waals surface area contributed by atoms with Crippen LogP contribution >= 0.6 is 11.6 Å². The topological polar surface area (TPSA) is 18.5 Å². The molecule has 0 saturated heterocycles. The predicted octanol–water partition coefficient (Wildman–Crippen LogP) is 4.76. The van der Waals surface area contributed by atoms with Gasteiger partial charge >= 0.3 is 0 Å². The van der Waals surface area contributed by atoms with Crippen LogP contribution in [0.25, 0.3) is 0 Å². The molecule has 0 saturated carbocycles. The maximum Gasteiger partial charge on any atom is 0.131 e. The first-order chi connectivity index (χ1) is 9.21. The van der Waals surface area contributed by atoms with Gasteiger partial charge in [-0.25, -0.2) is 4.39 Å². The van der Waals surface area contributed by atoms with Gasteiger partial charge in [0.2, 0.25) is 0 Å². The van der Waals surface area contributed by atoms with E-state index in [1.165, 1.54) is 12.1 Å². The summed E-state index contributed by atoms with van der Waals surface area (Å²) in [6.45, 7) is 2.49. The van der Waals surface area contributed by atoms with Crippen molar-refractivity contribution in [1.29, 1.82) is 0 Å². The summed E-state index contributed by atoms with van der Waals surface area (Å²) in [5.41, 5.74) is 0.678. The molecular formula is C15H14ClFO2. The molecule has 0 unspecified atom stereocenters. The summed E-state index contributed by atoms with van der Waals surface area (Å²) < 4.78 is 24.3. The highest BCUT2D eigenvalue weighted by Crippen LogP contribution is 2.27. The number of hydrogen-bond acceptors (Lipinski definition) is 2. The molecular weight excluding hydrogens is 267 g/mol. The SMILES string of the molecule is CCOc1cccc(Oc2cc(F)cc(CCl)c2)c1. The van der Waals surface area contributed by atoms with Gasteiger partial charge in [-0.2, -0.15) is 0 Å². The third-order valence-electron chi connectivity index (χ3n) is 2.44. The maximum absolute atomic E-state index is 13.4. The van der Waals surface area contributed by atoms with Gasteiger partial charge in [-0.05, 0) is 36.8 Å². The molecule has 0 heterocycles. The lowest BCUT2D eigenvalue weighted by Crippen LogP contribution is -1.92. The molecule has 2 aromatic rings. The Balaban J connectivity index is 2.20. The van der Waals surface area contributed by atoms with E-state index >= 15 is 0 Å². The van der Waals surface area contributed by atoms with Gasteiger partial charge in [0.05, 0.1) is 6.61 Å². The van der Waals surface area contributed by atoms with Crippen molar-refractivity contribution in [2.75, 3.05) is 6.61 Å². The van der Waals surface area contributed by atoms with E-state index in [-0.39, 0.29) is 11.7 Å². The molecule has 0 aromatic heterocycles. The molecule has 0 aliphatic rings. The summed E-state index contributed by atoms with van der Waals surface area (Å²) in [6.07, 6.45) is 0. The first-order valence-corrected chi connectivity index (χ1v) is 6.51. The van der Waals surface area contributed by atoms with E-state index in [1.54, 1.807) is 18.2 Å². The van der Waals surface area contributed by atoms with Crippen molar-refractivity contribution in [3.8, 4) is 17.2 Å². The minimum Gasteiger partial charge on any atom is -0.494 e. The Morgan fingerprint density at radius 3 is 2.58 bits per heavy atom. The van der Waals surface area contributed by atoms with Crippen LogP contribution < -0.4 is 9.47 Å². The second kappa shape index (κ2) is 6.43. The van der Waals surface area contributed by atoms with Crippen molar-refractivity contribution in [3.05, 3.63) is 53.8 Å². The molecule has 0 aliphatic carbocycles. The lowest BCUT2D eigenvalue weighted by atomic mass is 10.2. The Kier molecular flexibility index (Phi) is 4.63. The summed E-state index contributed by atoms with van der Waals surface area (Å²) >= 11 is 5.70. The molecule has 2 rings (SSSR count). The van der Waals surface area contributed by atoms with Crippen molar-refractivity contribution in [3.63, 3.8) is 0 Å². The van der Waals surface area contributed by atoms with Crippen molar-refractivity contribution >= 4 is 11.6 Å². The smallest absolute Gasteiger partial charge is 0.131 e. The largest absolute Gasteiger partial charge is 0.494 e. The van der Waals surface area contributed by atoms with E-state index in [0.29, 0.717) is 29.4 Å².